The first kappa shape index (κ1) is 16.3. The second kappa shape index (κ2) is 7.24. The van der Waals surface area contributed by atoms with Crippen LogP contribution in [0.1, 0.15) is 21.6 Å². The van der Waals surface area contributed by atoms with E-state index in [0.29, 0.717) is 11.6 Å². The number of hydrogen-bond acceptors (Lipinski definition) is 4. The highest BCUT2D eigenvalue weighted by atomic mass is 35.5. The van der Waals surface area contributed by atoms with Gasteiger partial charge in [-0.15, -0.1) is 0 Å². The molecular formula is C16H17ClN2O3. The van der Waals surface area contributed by atoms with Crippen molar-refractivity contribution in [2.75, 3.05) is 14.2 Å². The lowest BCUT2D eigenvalue weighted by molar-refractivity contribution is 0.104. The summed E-state index contributed by atoms with van der Waals surface area (Å²) < 4.78 is 11.9. The van der Waals surface area contributed by atoms with Gasteiger partial charge in [0.05, 0.1) is 18.7 Å². The molecule has 0 saturated carbocycles. The van der Waals surface area contributed by atoms with Crippen LogP contribution in [0.2, 0.25) is 5.02 Å². The molecule has 6 heteroatoms. The minimum absolute atomic E-state index is 0.241. The van der Waals surface area contributed by atoms with E-state index in [1.807, 2.05) is 18.2 Å². The molecule has 0 N–H and O–H groups in total. The number of nitrogens with zero attached hydrogens (tertiary/aromatic N) is 2. The van der Waals surface area contributed by atoms with Gasteiger partial charge in [0, 0.05) is 25.9 Å². The Hall–Kier alpha value is -2.11. The summed E-state index contributed by atoms with van der Waals surface area (Å²) in [4.78, 5) is 12.1. The molecule has 0 aliphatic heterocycles. The molecule has 0 unspecified atom stereocenters. The minimum atomic E-state index is -0.241. The van der Waals surface area contributed by atoms with Crippen molar-refractivity contribution in [1.82, 2.24) is 9.78 Å². The Morgan fingerprint density at radius 1 is 1.41 bits per heavy atom. The van der Waals surface area contributed by atoms with Crippen LogP contribution in [0, 0.1) is 0 Å². The van der Waals surface area contributed by atoms with E-state index in [0.717, 1.165) is 16.9 Å². The van der Waals surface area contributed by atoms with E-state index in [1.54, 1.807) is 33.5 Å². The average molecular weight is 321 g/mol. The van der Waals surface area contributed by atoms with Gasteiger partial charge in [0.15, 0.2) is 5.69 Å². The van der Waals surface area contributed by atoms with E-state index in [9.17, 15) is 4.79 Å². The molecule has 0 atom stereocenters. The zero-order valence-electron chi connectivity index (χ0n) is 12.7. The largest absolute Gasteiger partial charge is 0.496 e. The van der Waals surface area contributed by atoms with Gasteiger partial charge >= 0.3 is 0 Å². The summed E-state index contributed by atoms with van der Waals surface area (Å²) >= 11 is 5.96. The Kier molecular flexibility index (Phi) is 5.35. The molecule has 0 aliphatic rings. The SMILES string of the molecule is COCc1cc(/C=C/C(=O)c2nn(C)cc2Cl)ccc1OC. The van der Waals surface area contributed by atoms with E-state index >= 15 is 0 Å². The zero-order valence-corrected chi connectivity index (χ0v) is 13.4. The highest BCUT2D eigenvalue weighted by Gasteiger charge is 2.11. The Labute approximate surface area is 134 Å². The molecule has 2 rings (SSSR count). The van der Waals surface area contributed by atoms with Gasteiger partial charge in [0.2, 0.25) is 5.78 Å². The number of aromatic nitrogens is 2. The van der Waals surface area contributed by atoms with Crippen molar-refractivity contribution in [3.63, 3.8) is 0 Å². The van der Waals surface area contributed by atoms with E-state index in [-0.39, 0.29) is 11.5 Å². The normalized spacial score (nSPS) is 11.1. The predicted molar refractivity (Wildman–Crippen MR) is 85.3 cm³/mol. The van der Waals surface area contributed by atoms with Gasteiger partial charge in [-0.25, -0.2) is 0 Å². The van der Waals surface area contributed by atoms with E-state index < -0.39 is 0 Å². The number of hydrogen-bond donors (Lipinski definition) is 0. The van der Waals surface area contributed by atoms with Crippen LogP contribution in [-0.4, -0.2) is 29.8 Å². The van der Waals surface area contributed by atoms with Crippen LogP contribution < -0.4 is 4.74 Å². The summed E-state index contributed by atoms with van der Waals surface area (Å²) in [5.41, 5.74) is 2.02. The van der Waals surface area contributed by atoms with Gasteiger partial charge in [-0.3, -0.25) is 9.48 Å². The molecule has 0 spiro atoms. The number of carbonyl (C=O) groups is 1. The van der Waals surface area contributed by atoms with Crippen LogP contribution in [-0.2, 0) is 18.4 Å². The third kappa shape index (κ3) is 3.75. The maximum absolute atomic E-state index is 12.1. The quantitative estimate of drug-likeness (QED) is 0.606. The van der Waals surface area contributed by atoms with Crippen molar-refractivity contribution in [3.8, 4) is 5.75 Å². The number of methoxy groups -OCH3 is 2. The molecule has 5 nitrogen and oxygen atoms in total. The smallest absolute Gasteiger partial charge is 0.207 e. The summed E-state index contributed by atoms with van der Waals surface area (Å²) in [5, 5.41) is 4.38. The summed E-state index contributed by atoms with van der Waals surface area (Å²) in [6.07, 6.45) is 4.76. The predicted octanol–water partition coefficient (Wildman–Crippen LogP) is 3.12. The fourth-order valence-corrected chi connectivity index (χ4v) is 2.32. The van der Waals surface area contributed by atoms with Gasteiger partial charge < -0.3 is 9.47 Å². The fourth-order valence-electron chi connectivity index (χ4n) is 2.05. The molecule has 22 heavy (non-hydrogen) atoms. The van der Waals surface area contributed by atoms with Crippen molar-refractivity contribution in [2.45, 2.75) is 6.61 Å². The van der Waals surface area contributed by atoms with E-state index in [4.69, 9.17) is 21.1 Å². The van der Waals surface area contributed by atoms with Gasteiger partial charge in [0.1, 0.15) is 5.75 Å². The molecule has 1 heterocycles. The maximum atomic E-state index is 12.1. The lowest BCUT2D eigenvalue weighted by Gasteiger charge is -2.08. The van der Waals surface area contributed by atoms with Gasteiger partial charge in [-0.2, -0.15) is 5.10 Å². The molecule has 2 aromatic rings. The molecule has 0 fully saturated rings. The third-order valence-electron chi connectivity index (χ3n) is 3.05. The molecule has 0 amide bonds. The summed E-state index contributed by atoms with van der Waals surface area (Å²) in [7, 11) is 4.94. The first-order chi connectivity index (χ1) is 10.5. The van der Waals surface area contributed by atoms with Crippen LogP contribution in [0.25, 0.3) is 6.08 Å². The standard InChI is InChI=1S/C16H17ClN2O3/c1-19-9-13(17)16(18-19)14(20)6-4-11-5-7-15(22-3)12(8-11)10-21-2/h4-9H,10H2,1-3H3/b6-4+. The summed E-state index contributed by atoms with van der Waals surface area (Å²) in [6, 6.07) is 5.61. The Bertz CT molecular complexity index is 707. The number of halogens is 1. The topological polar surface area (TPSA) is 53.3 Å². The second-order valence-corrected chi connectivity index (χ2v) is 5.11. The Balaban J connectivity index is 2.21. The molecule has 0 aliphatic carbocycles. The molecule has 0 saturated heterocycles. The van der Waals surface area contributed by atoms with E-state index in [1.165, 1.54) is 10.8 Å². The van der Waals surface area contributed by atoms with Crippen LogP contribution in [0.4, 0.5) is 0 Å². The van der Waals surface area contributed by atoms with Crippen molar-refractivity contribution in [1.29, 1.82) is 0 Å². The molecule has 1 aromatic heterocycles. The molecule has 0 radical (unpaired) electrons. The first-order valence-corrected chi connectivity index (χ1v) is 7.00. The lowest BCUT2D eigenvalue weighted by Crippen LogP contribution is -1.98. The van der Waals surface area contributed by atoms with E-state index in [2.05, 4.69) is 5.10 Å². The highest BCUT2D eigenvalue weighted by Crippen LogP contribution is 2.22. The molecule has 116 valence electrons. The number of aryl methyl sites for hydroxylation is 1. The Morgan fingerprint density at radius 2 is 2.18 bits per heavy atom. The van der Waals surface area contributed by atoms with Crippen LogP contribution >= 0.6 is 11.6 Å². The number of ether oxygens (including phenoxy) is 2. The third-order valence-corrected chi connectivity index (χ3v) is 3.33. The fraction of sp³-hybridized carbons (Fsp3) is 0.250. The van der Waals surface area contributed by atoms with Crippen molar-refractivity contribution >= 4 is 23.5 Å². The van der Waals surface area contributed by atoms with Crippen LogP contribution in [0.15, 0.2) is 30.5 Å². The van der Waals surface area contributed by atoms with Crippen molar-refractivity contribution in [3.05, 3.63) is 52.3 Å². The summed E-state index contributed by atoms with van der Waals surface area (Å²) in [6.45, 7) is 0.435. The van der Waals surface area contributed by atoms with Crippen molar-refractivity contribution < 1.29 is 14.3 Å². The van der Waals surface area contributed by atoms with Crippen LogP contribution in [0.3, 0.4) is 0 Å². The number of benzene rings is 1. The average Bonchev–Trinajstić information content (AvgIpc) is 2.84. The monoisotopic (exact) mass is 320 g/mol. The first-order valence-electron chi connectivity index (χ1n) is 6.62. The molecular weight excluding hydrogens is 304 g/mol. The van der Waals surface area contributed by atoms with Gasteiger partial charge in [-0.1, -0.05) is 23.7 Å². The zero-order chi connectivity index (χ0) is 16.1. The van der Waals surface area contributed by atoms with Gasteiger partial charge in [-0.05, 0) is 23.8 Å². The highest BCUT2D eigenvalue weighted by molar-refractivity contribution is 6.34. The van der Waals surface area contributed by atoms with Crippen LogP contribution in [0.5, 0.6) is 5.75 Å². The second-order valence-electron chi connectivity index (χ2n) is 4.70. The lowest BCUT2D eigenvalue weighted by atomic mass is 10.1. The molecule has 0 bridgehead atoms. The number of ketones is 1. The van der Waals surface area contributed by atoms with Crippen molar-refractivity contribution in [2.24, 2.45) is 7.05 Å². The maximum Gasteiger partial charge on any atom is 0.207 e. The molecule has 1 aromatic carbocycles. The number of rotatable bonds is 6. The number of carbonyl (C=O) groups excluding carboxylic acids is 1. The van der Waals surface area contributed by atoms with Gasteiger partial charge in [0.25, 0.3) is 0 Å². The number of allylic oxidation sites excluding steroid dienone is 1. The summed E-state index contributed by atoms with van der Waals surface area (Å²) in [5.74, 6) is 0.507. The Morgan fingerprint density at radius 3 is 2.77 bits per heavy atom. The minimum Gasteiger partial charge on any atom is -0.496 e.